The Morgan fingerprint density at radius 1 is 1.03 bits per heavy atom. The number of carbonyl (C=O) groups is 1. The number of aliphatic carboxylic acids is 1. The average Bonchev–Trinajstić information content (AvgIpc) is 2.77. The van der Waals surface area contributed by atoms with E-state index in [0.29, 0.717) is 17.7 Å². The standard InChI is InChI=1S/C23H18F5NO5S/c1-29(35(32,33)20-10-7-17(24)12-19(20)25)13-14-5-8-18(9-6-14)34-21(22(30)31)15-3-2-4-16(11-15)23(26,27)28/h2-12,21H,13H2,1H3,(H,30,31). The molecule has 0 saturated heterocycles. The van der Waals surface area contributed by atoms with Crippen molar-refractivity contribution in [2.45, 2.75) is 23.7 Å². The summed E-state index contributed by atoms with van der Waals surface area (Å²) in [5.41, 5.74) is -0.831. The van der Waals surface area contributed by atoms with Crippen molar-refractivity contribution in [3.63, 3.8) is 0 Å². The van der Waals surface area contributed by atoms with E-state index in [4.69, 9.17) is 4.74 Å². The number of sulfonamides is 1. The molecule has 0 aromatic heterocycles. The zero-order valence-electron chi connectivity index (χ0n) is 18.0. The Labute approximate surface area is 197 Å². The molecule has 1 N–H and O–H groups in total. The first-order valence-electron chi connectivity index (χ1n) is 9.86. The molecule has 0 aliphatic rings. The summed E-state index contributed by atoms with van der Waals surface area (Å²) in [7, 11) is -3.10. The fourth-order valence-corrected chi connectivity index (χ4v) is 4.34. The molecule has 0 fully saturated rings. The van der Waals surface area contributed by atoms with Gasteiger partial charge in [-0.2, -0.15) is 17.5 Å². The summed E-state index contributed by atoms with van der Waals surface area (Å²) in [6, 6.07) is 11.3. The molecule has 0 amide bonds. The molecule has 3 rings (SSSR count). The van der Waals surface area contributed by atoms with Gasteiger partial charge in [-0.15, -0.1) is 0 Å². The van der Waals surface area contributed by atoms with Crippen molar-refractivity contribution in [2.24, 2.45) is 0 Å². The molecule has 0 bridgehead atoms. The van der Waals surface area contributed by atoms with Gasteiger partial charge in [0.1, 0.15) is 22.3 Å². The molecule has 3 aromatic carbocycles. The van der Waals surface area contributed by atoms with Crippen LogP contribution < -0.4 is 4.74 Å². The summed E-state index contributed by atoms with van der Waals surface area (Å²) in [4.78, 5) is 10.9. The maximum atomic E-state index is 13.9. The first kappa shape index (κ1) is 26.1. The molecule has 1 unspecified atom stereocenters. The topological polar surface area (TPSA) is 83.9 Å². The monoisotopic (exact) mass is 515 g/mol. The summed E-state index contributed by atoms with van der Waals surface area (Å²) in [5.74, 6) is -3.67. The molecule has 6 nitrogen and oxygen atoms in total. The van der Waals surface area contributed by atoms with Gasteiger partial charge in [-0.3, -0.25) is 0 Å². The Morgan fingerprint density at radius 2 is 1.69 bits per heavy atom. The smallest absolute Gasteiger partial charge is 0.416 e. The minimum Gasteiger partial charge on any atom is -0.478 e. The Hall–Kier alpha value is -3.51. The normalized spacial score (nSPS) is 13.0. The van der Waals surface area contributed by atoms with Crippen molar-refractivity contribution < 1.29 is 45.0 Å². The number of carboxylic acid groups (broad SMARTS) is 1. The van der Waals surface area contributed by atoms with E-state index in [2.05, 4.69) is 0 Å². The van der Waals surface area contributed by atoms with Crippen LogP contribution in [0.3, 0.4) is 0 Å². The van der Waals surface area contributed by atoms with Gasteiger partial charge in [0.25, 0.3) is 0 Å². The van der Waals surface area contributed by atoms with Crippen LogP contribution in [0.2, 0.25) is 0 Å². The number of benzene rings is 3. The van der Waals surface area contributed by atoms with E-state index in [1.54, 1.807) is 0 Å². The van der Waals surface area contributed by atoms with Crippen molar-refractivity contribution in [1.29, 1.82) is 0 Å². The maximum absolute atomic E-state index is 13.9. The van der Waals surface area contributed by atoms with E-state index >= 15 is 0 Å². The van der Waals surface area contributed by atoms with Crippen molar-refractivity contribution in [1.82, 2.24) is 4.31 Å². The molecule has 0 aliphatic heterocycles. The van der Waals surface area contributed by atoms with Crippen LogP contribution in [0, 0.1) is 11.6 Å². The largest absolute Gasteiger partial charge is 0.478 e. The molecule has 186 valence electrons. The van der Waals surface area contributed by atoms with Crippen molar-refractivity contribution >= 4 is 16.0 Å². The number of hydrogen-bond donors (Lipinski definition) is 1. The number of halogens is 5. The van der Waals surface area contributed by atoms with Crippen LogP contribution in [0.4, 0.5) is 22.0 Å². The second-order valence-corrected chi connectivity index (χ2v) is 9.45. The van der Waals surface area contributed by atoms with E-state index in [-0.39, 0.29) is 17.9 Å². The molecule has 12 heteroatoms. The first-order valence-corrected chi connectivity index (χ1v) is 11.3. The fraction of sp³-hybridized carbons (Fsp3) is 0.174. The number of nitrogens with zero attached hydrogens (tertiary/aromatic N) is 1. The number of alkyl halides is 3. The highest BCUT2D eigenvalue weighted by Gasteiger charge is 2.32. The minimum absolute atomic E-state index is 0.00801. The molecular weight excluding hydrogens is 497 g/mol. The SMILES string of the molecule is CN(Cc1ccc(OC(C(=O)O)c2cccc(C(F)(F)F)c2)cc1)S(=O)(=O)c1ccc(F)cc1F. The lowest BCUT2D eigenvalue weighted by molar-refractivity contribution is -0.146. The predicted molar refractivity (Wildman–Crippen MR) is 114 cm³/mol. The maximum Gasteiger partial charge on any atom is 0.416 e. The van der Waals surface area contributed by atoms with Crippen molar-refractivity contribution in [3.05, 3.63) is 95.1 Å². The lowest BCUT2D eigenvalue weighted by Crippen LogP contribution is -2.27. The van der Waals surface area contributed by atoms with E-state index in [1.807, 2.05) is 0 Å². The van der Waals surface area contributed by atoms with Crippen LogP contribution in [0.1, 0.15) is 22.8 Å². The van der Waals surface area contributed by atoms with Crippen LogP contribution >= 0.6 is 0 Å². The zero-order chi connectivity index (χ0) is 26.0. The average molecular weight is 515 g/mol. The first-order chi connectivity index (χ1) is 16.3. The molecule has 0 saturated carbocycles. The summed E-state index contributed by atoms with van der Waals surface area (Å²) >= 11 is 0. The number of hydrogen-bond acceptors (Lipinski definition) is 4. The Morgan fingerprint density at radius 3 is 2.26 bits per heavy atom. The third-order valence-electron chi connectivity index (χ3n) is 4.91. The van der Waals surface area contributed by atoms with Gasteiger partial charge in [-0.1, -0.05) is 24.3 Å². The molecule has 35 heavy (non-hydrogen) atoms. The molecule has 0 aliphatic carbocycles. The summed E-state index contributed by atoms with van der Waals surface area (Å²) < 4.78 is 97.4. The fourth-order valence-electron chi connectivity index (χ4n) is 3.14. The third kappa shape index (κ3) is 6.14. The van der Waals surface area contributed by atoms with Gasteiger partial charge in [0.2, 0.25) is 16.1 Å². The molecule has 0 radical (unpaired) electrons. The second-order valence-electron chi connectivity index (χ2n) is 7.44. The summed E-state index contributed by atoms with van der Waals surface area (Å²) in [6.07, 6.45) is -6.39. The van der Waals surface area contributed by atoms with E-state index in [9.17, 15) is 40.3 Å². The number of ether oxygens (including phenoxy) is 1. The van der Waals surface area contributed by atoms with Crippen LogP contribution in [-0.4, -0.2) is 30.8 Å². The molecule has 0 spiro atoms. The molecular formula is C23H18F5NO5S. The molecule has 1 atom stereocenters. The second kappa shape index (κ2) is 10.0. The molecule has 3 aromatic rings. The van der Waals surface area contributed by atoms with Gasteiger partial charge in [0.15, 0.2) is 0 Å². The predicted octanol–water partition coefficient (Wildman–Crippen LogP) is 5.01. The van der Waals surface area contributed by atoms with Gasteiger partial charge in [-0.25, -0.2) is 22.0 Å². The minimum atomic E-state index is -4.66. The van der Waals surface area contributed by atoms with E-state index in [1.165, 1.54) is 37.4 Å². The summed E-state index contributed by atoms with van der Waals surface area (Å²) in [5, 5.41) is 9.46. The Kier molecular flexibility index (Phi) is 7.46. The molecule has 0 heterocycles. The van der Waals surface area contributed by atoms with Gasteiger partial charge < -0.3 is 9.84 Å². The highest BCUT2D eigenvalue weighted by atomic mass is 32.2. The summed E-state index contributed by atoms with van der Waals surface area (Å²) in [6.45, 7) is -0.213. The van der Waals surface area contributed by atoms with E-state index in [0.717, 1.165) is 28.6 Å². The van der Waals surface area contributed by atoms with Crippen LogP contribution in [-0.2, 0) is 27.5 Å². The Balaban J connectivity index is 1.76. The van der Waals surface area contributed by atoms with Crippen molar-refractivity contribution in [2.75, 3.05) is 7.05 Å². The van der Waals surface area contributed by atoms with Crippen LogP contribution in [0.5, 0.6) is 5.75 Å². The van der Waals surface area contributed by atoms with Gasteiger partial charge in [-0.05, 0) is 42.0 Å². The lowest BCUT2D eigenvalue weighted by Gasteiger charge is -2.19. The highest BCUT2D eigenvalue weighted by molar-refractivity contribution is 7.89. The third-order valence-corrected chi connectivity index (χ3v) is 6.74. The zero-order valence-corrected chi connectivity index (χ0v) is 18.8. The van der Waals surface area contributed by atoms with Gasteiger partial charge >= 0.3 is 12.1 Å². The van der Waals surface area contributed by atoms with Gasteiger partial charge in [0, 0.05) is 25.2 Å². The van der Waals surface area contributed by atoms with Crippen molar-refractivity contribution in [3.8, 4) is 5.75 Å². The number of rotatable bonds is 8. The van der Waals surface area contributed by atoms with Crippen LogP contribution in [0.15, 0.2) is 71.6 Å². The highest BCUT2D eigenvalue weighted by Crippen LogP contribution is 2.32. The van der Waals surface area contributed by atoms with Crippen LogP contribution in [0.25, 0.3) is 0 Å². The van der Waals surface area contributed by atoms with E-state index < -0.39 is 50.4 Å². The number of carboxylic acids is 1. The Bertz CT molecular complexity index is 1330. The van der Waals surface area contributed by atoms with Gasteiger partial charge in [0.05, 0.1) is 5.56 Å². The lowest BCUT2D eigenvalue weighted by atomic mass is 10.1. The quantitative estimate of drug-likeness (QED) is 0.427.